The molecular formula is C35H16Cl6N2O6. The minimum absolute atomic E-state index is 0.00655. The van der Waals surface area contributed by atoms with E-state index in [-0.39, 0.29) is 63.7 Å². The second-order valence-corrected chi connectivity index (χ2v) is 13.3. The van der Waals surface area contributed by atoms with E-state index in [2.05, 4.69) is 4.98 Å². The molecule has 0 amide bonds. The van der Waals surface area contributed by atoms with E-state index in [4.69, 9.17) is 88.8 Å². The van der Waals surface area contributed by atoms with Crippen LogP contribution in [0.5, 0.6) is 11.5 Å². The van der Waals surface area contributed by atoms with Crippen molar-refractivity contribution in [1.82, 2.24) is 9.97 Å². The minimum atomic E-state index is -0.856. The van der Waals surface area contributed by atoms with Crippen molar-refractivity contribution < 1.29 is 28.6 Å². The van der Waals surface area contributed by atoms with Gasteiger partial charge >= 0.3 is 17.9 Å². The SMILES string of the molecule is COC(=O)c1cnc2c3ccc(C(=O)Oc4c(Cl)cc(Cl)cc4Cl)c4c(C)cnc(c5ccc(C(=O)Oc6c(Cl)cc(Cl)cc6Cl)c1c52)c43. The van der Waals surface area contributed by atoms with Crippen LogP contribution in [0.15, 0.2) is 60.9 Å². The number of benzene rings is 5. The summed E-state index contributed by atoms with van der Waals surface area (Å²) in [7, 11) is 1.22. The summed E-state index contributed by atoms with van der Waals surface area (Å²) in [6.45, 7) is 1.81. The van der Waals surface area contributed by atoms with Crippen molar-refractivity contribution in [2.45, 2.75) is 6.92 Å². The second-order valence-electron chi connectivity index (χ2n) is 10.8. The molecule has 0 aliphatic carbocycles. The van der Waals surface area contributed by atoms with Crippen LogP contribution in [0.4, 0.5) is 0 Å². The highest BCUT2D eigenvalue weighted by Gasteiger charge is 2.28. The molecule has 0 radical (unpaired) electrons. The maximum atomic E-state index is 13.8. The van der Waals surface area contributed by atoms with Gasteiger partial charge in [0.05, 0.1) is 54.9 Å². The molecule has 2 aromatic heterocycles. The first-order chi connectivity index (χ1) is 23.4. The molecule has 5 aromatic carbocycles. The molecule has 0 aliphatic rings. The van der Waals surface area contributed by atoms with Gasteiger partial charge in [-0.15, -0.1) is 0 Å². The Hall–Kier alpha value is -4.15. The van der Waals surface area contributed by atoms with Gasteiger partial charge in [0.15, 0.2) is 11.5 Å². The molecule has 244 valence electrons. The first-order valence-corrected chi connectivity index (χ1v) is 16.4. The number of carbonyl (C=O) groups excluding carboxylic acids is 3. The number of aromatic nitrogens is 2. The predicted molar refractivity (Wildman–Crippen MR) is 192 cm³/mol. The fraction of sp³-hybridized carbons (Fsp3) is 0.0571. The number of rotatable bonds is 5. The lowest BCUT2D eigenvalue weighted by atomic mass is 9.89. The number of fused-ring (bicyclic) bond motifs is 2. The van der Waals surface area contributed by atoms with Crippen LogP contribution in [0.1, 0.15) is 36.6 Å². The third-order valence-corrected chi connectivity index (χ3v) is 9.49. The lowest BCUT2D eigenvalue weighted by molar-refractivity contribution is 0.0602. The van der Waals surface area contributed by atoms with Gasteiger partial charge in [0.1, 0.15) is 0 Å². The fourth-order valence-corrected chi connectivity index (χ4v) is 7.68. The van der Waals surface area contributed by atoms with Crippen molar-refractivity contribution >= 4 is 131 Å². The number of carbonyl (C=O) groups is 3. The van der Waals surface area contributed by atoms with Crippen LogP contribution >= 0.6 is 69.6 Å². The van der Waals surface area contributed by atoms with Crippen molar-refractivity contribution in [2.24, 2.45) is 0 Å². The number of methoxy groups -OCH3 is 1. The van der Waals surface area contributed by atoms with Gasteiger partial charge in [0.25, 0.3) is 0 Å². The topological polar surface area (TPSA) is 105 Å². The van der Waals surface area contributed by atoms with Crippen molar-refractivity contribution in [3.05, 3.63) is 113 Å². The molecule has 14 heteroatoms. The average molecular weight is 773 g/mol. The zero-order valence-corrected chi connectivity index (χ0v) is 29.4. The summed E-state index contributed by atoms with van der Waals surface area (Å²) < 4.78 is 16.4. The molecule has 0 bridgehead atoms. The van der Waals surface area contributed by atoms with Crippen molar-refractivity contribution in [3.8, 4) is 11.5 Å². The molecule has 0 unspecified atom stereocenters. The van der Waals surface area contributed by atoms with Crippen LogP contribution in [-0.4, -0.2) is 35.0 Å². The Morgan fingerprint density at radius 3 is 1.45 bits per heavy atom. The molecule has 0 saturated heterocycles. The average Bonchev–Trinajstić information content (AvgIpc) is 3.06. The highest BCUT2D eigenvalue weighted by atomic mass is 35.5. The van der Waals surface area contributed by atoms with E-state index < -0.39 is 17.9 Å². The van der Waals surface area contributed by atoms with Gasteiger partial charge in [-0.1, -0.05) is 81.7 Å². The quantitative estimate of drug-likeness (QED) is 0.0737. The molecule has 7 rings (SSSR count). The summed E-state index contributed by atoms with van der Waals surface area (Å²) in [5.74, 6) is -2.46. The summed E-state index contributed by atoms with van der Waals surface area (Å²) in [6.07, 6.45) is 2.93. The number of pyridine rings is 2. The molecule has 7 aromatic rings. The van der Waals surface area contributed by atoms with E-state index in [0.717, 1.165) is 0 Å². The molecule has 0 fully saturated rings. The van der Waals surface area contributed by atoms with Crippen molar-refractivity contribution in [1.29, 1.82) is 0 Å². The molecule has 0 spiro atoms. The standard InChI is InChI=1S/C35H16Cl6N2O6/c1-13-11-42-29-17-4-6-19(35(46)49-32-23(40)9-15(37)10-24(32)41)26-20(33(44)47-2)12-43-30(28(17)26)16-3-5-18(25(13)27(16)29)34(45)48-31-21(38)7-14(36)8-22(31)39/h3-12H,1-2H3. The lowest BCUT2D eigenvalue weighted by Gasteiger charge is -2.19. The summed E-state index contributed by atoms with van der Waals surface area (Å²) in [6, 6.07) is 12.0. The molecule has 8 nitrogen and oxygen atoms in total. The van der Waals surface area contributed by atoms with E-state index in [1.165, 1.54) is 43.6 Å². The molecule has 2 heterocycles. The minimum Gasteiger partial charge on any atom is -0.465 e. The van der Waals surface area contributed by atoms with Crippen molar-refractivity contribution in [2.75, 3.05) is 7.11 Å². The van der Waals surface area contributed by atoms with Gasteiger partial charge in [0, 0.05) is 54.8 Å². The highest BCUT2D eigenvalue weighted by molar-refractivity contribution is 6.42. The fourth-order valence-electron chi connectivity index (χ4n) is 5.89. The highest BCUT2D eigenvalue weighted by Crippen LogP contribution is 2.44. The summed E-state index contributed by atoms with van der Waals surface area (Å²) in [5.41, 5.74) is 1.79. The number of nitrogens with zero attached hydrogens (tertiary/aromatic N) is 2. The number of aryl methyl sites for hydroxylation is 1. The predicted octanol–water partition coefficient (Wildman–Crippen LogP) is 11.0. The Morgan fingerprint density at radius 1 is 0.551 bits per heavy atom. The van der Waals surface area contributed by atoms with Crippen LogP contribution < -0.4 is 9.47 Å². The summed E-state index contributed by atoms with van der Waals surface area (Å²) >= 11 is 37.3. The molecular weight excluding hydrogens is 757 g/mol. The first kappa shape index (κ1) is 33.4. The maximum Gasteiger partial charge on any atom is 0.344 e. The van der Waals surface area contributed by atoms with Crippen molar-refractivity contribution in [3.63, 3.8) is 0 Å². The van der Waals surface area contributed by atoms with Gasteiger partial charge in [-0.05, 0) is 48.9 Å². The van der Waals surface area contributed by atoms with Crippen LogP contribution in [0.25, 0.3) is 43.4 Å². The Morgan fingerprint density at radius 2 is 0.980 bits per heavy atom. The van der Waals surface area contributed by atoms with Gasteiger partial charge < -0.3 is 14.2 Å². The third-order valence-electron chi connectivity index (χ3n) is 7.93. The Kier molecular flexibility index (Phi) is 8.59. The molecule has 0 aliphatic heterocycles. The second kappa shape index (κ2) is 12.6. The number of hydrogen-bond acceptors (Lipinski definition) is 8. The number of ether oxygens (including phenoxy) is 3. The number of hydrogen-bond donors (Lipinski definition) is 0. The molecule has 0 saturated carbocycles. The van der Waals surface area contributed by atoms with E-state index in [9.17, 15) is 14.4 Å². The molecule has 49 heavy (non-hydrogen) atoms. The van der Waals surface area contributed by atoms with Gasteiger partial charge in [0.2, 0.25) is 0 Å². The van der Waals surface area contributed by atoms with Crippen LogP contribution in [0.3, 0.4) is 0 Å². The monoisotopic (exact) mass is 770 g/mol. The number of halogens is 6. The molecule has 0 atom stereocenters. The van der Waals surface area contributed by atoms with E-state index in [1.54, 1.807) is 31.3 Å². The van der Waals surface area contributed by atoms with Gasteiger partial charge in [-0.2, -0.15) is 0 Å². The van der Waals surface area contributed by atoms with Gasteiger partial charge in [-0.25, -0.2) is 14.4 Å². The zero-order valence-electron chi connectivity index (χ0n) is 24.9. The van der Waals surface area contributed by atoms with E-state index >= 15 is 0 Å². The van der Waals surface area contributed by atoms with E-state index in [0.29, 0.717) is 43.5 Å². The smallest absolute Gasteiger partial charge is 0.344 e. The van der Waals surface area contributed by atoms with Crippen LogP contribution in [0.2, 0.25) is 30.1 Å². The van der Waals surface area contributed by atoms with E-state index in [1.807, 2.05) is 0 Å². The Bertz CT molecular complexity index is 2530. The normalized spacial score (nSPS) is 11.5. The lowest BCUT2D eigenvalue weighted by Crippen LogP contribution is -2.13. The Balaban J connectivity index is 1.48. The number of esters is 3. The Labute approximate surface area is 306 Å². The maximum absolute atomic E-state index is 13.8. The van der Waals surface area contributed by atoms with Crippen LogP contribution in [-0.2, 0) is 4.74 Å². The largest absolute Gasteiger partial charge is 0.465 e. The zero-order chi connectivity index (χ0) is 34.9. The molecule has 0 N–H and O–H groups in total. The third kappa shape index (κ3) is 5.53. The first-order valence-electron chi connectivity index (χ1n) is 14.1. The van der Waals surface area contributed by atoms with Gasteiger partial charge in [-0.3, -0.25) is 9.97 Å². The summed E-state index contributed by atoms with van der Waals surface area (Å²) in [4.78, 5) is 50.0. The summed E-state index contributed by atoms with van der Waals surface area (Å²) in [5, 5.41) is 3.59. The van der Waals surface area contributed by atoms with Crippen LogP contribution in [0, 0.1) is 6.92 Å².